The topological polar surface area (TPSA) is 25.8 Å². The Kier molecular flexibility index (Phi) is 6.66. The van der Waals surface area contributed by atoms with Crippen LogP contribution in [0.2, 0.25) is 0 Å². The molecule has 0 aliphatic carbocycles. The molecule has 1 aromatic heterocycles. The van der Waals surface area contributed by atoms with Crippen molar-refractivity contribution in [3.05, 3.63) is 87.3 Å². The maximum Gasteiger partial charge on any atom is 0.187 e. The first-order valence-corrected chi connectivity index (χ1v) is 10.1. The zero-order valence-corrected chi connectivity index (χ0v) is 16.3. The number of halogens is 1. The van der Waals surface area contributed by atoms with Crippen LogP contribution in [0.3, 0.4) is 0 Å². The van der Waals surface area contributed by atoms with E-state index in [1.54, 1.807) is 11.8 Å². The normalized spacial score (nSPS) is 10.7. The third-order valence-corrected chi connectivity index (χ3v) is 5.54. The number of aromatic nitrogens is 2. The molecule has 122 valence electrons. The average Bonchev–Trinajstić information content (AvgIpc) is 2.63. The summed E-state index contributed by atoms with van der Waals surface area (Å²) >= 11 is 4.07. The molecule has 0 amide bonds. The molecule has 24 heavy (non-hydrogen) atoms. The van der Waals surface area contributed by atoms with E-state index >= 15 is 0 Å². The molecule has 0 saturated carbocycles. The Balaban J connectivity index is 1.55. The Hall–Kier alpha value is -1.40. The summed E-state index contributed by atoms with van der Waals surface area (Å²) in [4.78, 5) is 9.23. The first-order valence-electron chi connectivity index (χ1n) is 8.03. The summed E-state index contributed by atoms with van der Waals surface area (Å²) in [5, 5.41) is 0.884. The van der Waals surface area contributed by atoms with E-state index in [0.29, 0.717) is 0 Å². The molecular weight excluding hydrogens is 427 g/mol. The van der Waals surface area contributed by atoms with Gasteiger partial charge in [-0.1, -0.05) is 72.4 Å². The van der Waals surface area contributed by atoms with Crippen molar-refractivity contribution >= 4 is 34.4 Å². The fourth-order valence-corrected chi connectivity index (χ4v) is 3.68. The average molecular weight is 446 g/mol. The molecule has 3 aromatic rings. The third-order valence-electron chi connectivity index (χ3n) is 3.69. The van der Waals surface area contributed by atoms with Gasteiger partial charge in [0.15, 0.2) is 5.16 Å². The summed E-state index contributed by atoms with van der Waals surface area (Å²) in [5.74, 6) is 1.04. The van der Waals surface area contributed by atoms with Gasteiger partial charge in [-0.2, -0.15) is 0 Å². The lowest BCUT2D eigenvalue weighted by Crippen LogP contribution is -2.00. The molecular formula is C20H19IN2S. The largest absolute Gasteiger partial charge is 0.230 e. The van der Waals surface area contributed by atoms with E-state index in [1.807, 2.05) is 12.3 Å². The van der Waals surface area contributed by atoms with Gasteiger partial charge in [0.2, 0.25) is 0 Å². The molecule has 2 nitrogen and oxygen atoms in total. The van der Waals surface area contributed by atoms with Crippen molar-refractivity contribution in [3.8, 4) is 0 Å². The molecule has 0 saturated heterocycles. The van der Waals surface area contributed by atoms with Crippen LogP contribution in [0, 0.1) is 3.57 Å². The van der Waals surface area contributed by atoms with Gasteiger partial charge in [0.25, 0.3) is 0 Å². The fraction of sp³-hybridized carbons (Fsp3) is 0.200. The smallest absolute Gasteiger partial charge is 0.187 e. The number of benzene rings is 2. The molecule has 0 bridgehead atoms. The predicted octanol–water partition coefficient (Wildman–Crippen LogP) is 5.40. The van der Waals surface area contributed by atoms with Crippen molar-refractivity contribution in [2.75, 3.05) is 5.75 Å². The van der Waals surface area contributed by atoms with Crippen LogP contribution in [-0.4, -0.2) is 15.7 Å². The highest BCUT2D eigenvalue weighted by Gasteiger charge is 2.07. The minimum Gasteiger partial charge on any atom is -0.230 e. The van der Waals surface area contributed by atoms with Crippen LogP contribution in [0.25, 0.3) is 0 Å². The third kappa shape index (κ3) is 5.31. The van der Waals surface area contributed by atoms with E-state index in [9.17, 15) is 0 Å². The molecule has 0 unspecified atom stereocenters. The Bertz CT molecular complexity index is 763. The van der Waals surface area contributed by atoms with E-state index in [0.717, 1.165) is 39.4 Å². The van der Waals surface area contributed by atoms with Crippen LogP contribution in [0.1, 0.15) is 23.2 Å². The van der Waals surface area contributed by atoms with Gasteiger partial charge in [-0.25, -0.2) is 9.97 Å². The van der Waals surface area contributed by atoms with E-state index in [1.165, 1.54) is 11.1 Å². The van der Waals surface area contributed by atoms with Crippen molar-refractivity contribution in [2.45, 2.75) is 24.4 Å². The first-order chi connectivity index (χ1) is 11.8. The second-order valence-electron chi connectivity index (χ2n) is 5.55. The van der Waals surface area contributed by atoms with Gasteiger partial charge < -0.3 is 0 Å². The number of rotatable bonds is 7. The number of thioether (sulfide) groups is 1. The molecule has 0 atom stereocenters. The van der Waals surface area contributed by atoms with Crippen molar-refractivity contribution in [1.82, 2.24) is 9.97 Å². The van der Waals surface area contributed by atoms with Crippen molar-refractivity contribution in [3.63, 3.8) is 0 Å². The summed E-state index contributed by atoms with van der Waals surface area (Å²) in [6.07, 6.45) is 5.04. The Morgan fingerprint density at radius 3 is 2.25 bits per heavy atom. The van der Waals surface area contributed by atoms with Gasteiger partial charge >= 0.3 is 0 Å². The minimum absolute atomic E-state index is 0.860. The Morgan fingerprint density at radius 1 is 0.875 bits per heavy atom. The van der Waals surface area contributed by atoms with Gasteiger partial charge in [0.05, 0.1) is 9.26 Å². The van der Waals surface area contributed by atoms with Gasteiger partial charge in [0, 0.05) is 18.4 Å². The summed E-state index contributed by atoms with van der Waals surface area (Å²) in [7, 11) is 0. The zero-order valence-electron chi connectivity index (χ0n) is 13.4. The maximum atomic E-state index is 4.76. The van der Waals surface area contributed by atoms with Crippen LogP contribution in [0.5, 0.6) is 0 Å². The lowest BCUT2D eigenvalue weighted by molar-refractivity contribution is 0.880. The van der Waals surface area contributed by atoms with E-state index in [-0.39, 0.29) is 0 Å². The van der Waals surface area contributed by atoms with Crippen LogP contribution < -0.4 is 0 Å². The van der Waals surface area contributed by atoms with E-state index in [2.05, 4.69) is 82.2 Å². The second kappa shape index (κ2) is 9.18. The van der Waals surface area contributed by atoms with Crippen molar-refractivity contribution in [2.24, 2.45) is 0 Å². The zero-order chi connectivity index (χ0) is 16.6. The van der Waals surface area contributed by atoms with E-state index < -0.39 is 0 Å². The highest BCUT2D eigenvalue weighted by molar-refractivity contribution is 14.1. The summed E-state index contributed by atoms with van der Waals surface area (Å²) in [6.45, 7) is 0. The minimum atomic E-state index is 0.860. The van der Waals surface area contributed by atoms with Crippen LogP contribution in [0.4, 0.5) is 0 Å². The van der Waals surface area contributed by atoms with Crippen molar-refractivity contribution in [1.29, 1.82) is 0 Å². The molecule has 0 spiro atoms. The number of nitrogens with zero attached hydrogens (tertiary/aromatic N) is 2. The molecule has 0 fully saturated rings. The number of aryl methyl sites for hydroxylation is 1. The molecule has 3 rings (SSSR count). The quantitative estimate of drug-likeness (QED) is 0.211. The van der Waals surface area contributed by atoms with Gasteiger partial charge in [-0.15, -0.1) is 0 Å². The second-order valence-corrected chi connectivity index (χ2v) is 7.77. The number of hydrogen-bond donors (Lipinski definition) is 0. The summed E-state index contributed by atoms with van der Waals surface area (Å²) < 4.78 is 1.13. The van der Waals surface area contributed by atoms with E-state index in [4.69, 9.17) is 4.98 Å². The SMILES string of the molecule is Ic1cnc(SCCCc2ccccc2)nc1Cc1ccccc1. The van der Waals surface area contributed by atoms with Crippen molar-refractivity contribution < 1.29 is 0 Å². The maximum absolute atomic E-state index is 4.76. The monoisotopic (exact) mass is 446 g/mol. The first kappa shape index (κ1) is 17.4. The molecule has 2 aromatic carbocycles. The van der Waals surface area contributed by atoms with Gasteiger partial charge in [-0.05, 0) is 46.6 Å². The molecule has 0 aliphatic rings. The highest BCUT2D eigenvalue weighted by Crippen LogP contribution is 2.20. The fourth-order valence-electron chi connectivity index (χ4n) is 2.45. The Morgan fingerprint density at radius 2 is 1.54 bits per heavy atom. The van der Waals surface area contributed by atoms with Crippen LogP contribution in [0.15, 0.2) is 72.0 Å². The molecule has 0 N–H and O–H groups in total. The predicted molar refractivity (Wildman–Crippen MR) is 109 cm³/mol. The summed E-state index contributed by atoms with van der Waals surface area (Å²) in [6, 6.07) is 21.1. The van der Waals surface area contributed by atoms with Gasteiger partial charge in [0.1, 0.15) is 0 Å². The number of hydrogen-bond acceptors (Lipinski definition) is 3. The highest BCUT2D eigenvalue weighted by atomic mass is 127. The molecule has 1 heterocycles. The summed E-state index contributed by atoms with van der Waals surface area (Å²) in [5.41, 5.74) is 3.79. The van der Waals surface area contributed by atoms with Crippen LogP contribution in [-0.2, 0) is 12.8 Å². The standard InChI is InChI=1S/C20H19IN2S/c21-18-15-22-20(23-19(18)14-17-10-5-2-6-11-17)24-13-7-12-16-8-3-1-4-9-16/h1-6,8-11,15H,7,12-14H2. The Labute approximate surface area is 161 Å². The van der Waals surface area contributed by atoms with Crippen LogP contribution >= 0.6 is 34.4 Å². The molecule has 0 radical (unpaired) electrons. The molecule has 0 aliphatic heterocycles. The molecule has 4 heteroatoms. The lowest BCUT2D eigenvalue weighted by Gasteiger charge is -2.06. The van der Waals surface area contributed by atoms with Gasteiger partial charge in [-0.3, -0.25) is 0 Å². The lowest BCUT2D eigenvalue weighted by atomic mass is 10.1.